The molecule has 0 aromatic carbocycles. The Bertz CT molecular complexity index is 582. The van der Waals surface area contributed by atoms with Crippen molar-refractivity contribution in [1.82, 2.24) is 0 Å². The van der Waals surface area contributed by atoms with Crippen LogP contribution in [-0.2, 0) is 9.53 Å². The lowest BCUT2D eigenvalue weighted by Gasteiger charge is -2.08. The second-order valence-corrected chi connectivity index (χ2v) is 14.5. The third-order valence-corrected chi connectivity index (χ3v) is 9.85. The zero-order valence-corrected chi connectivity index (χ0v) is 31.4. The smallest absolute Gasteiger partial charge is 0.333 e. The summed E-state index contributed by atoms with van der Waals surface area (Å²) in [6, 6.07) is 0. The van der Waals surface area contributed by atoms with Gasteiger partial charge in [-0.2, -0.15) is 0 Å². The predicted octanol–water partition coefficient (Wildman–Crippen LogP) is 15.6. The van der Waals surface area contributed by atoms with Crippen LogP contribution in [-0.4, -0.2) is 12.6 Å². The van der Waals surface area contributed by atoms with Crippen molar-refractivity contribution in [2.75, 3.05) is 6.61 Å². The molecule has 0 spiro atoms. The van der Waals surface area contributed by atoms with Gasteiger partial charge < -0.3 is 4.74 Å². The summed E-state index contributed by atoms with van der Waals surface area (Å²) in [6.45, 7) is 9.15. The van der Waals surface area contributed by atoms with Crippen LogP contribution in [0.25, 0.3) is 0 Å². The van der Waals surface area contributed by atoms with Gasteiger partial charge in [0.1, 0.15) is 0 Å². The van der Waals surface area contributed by atoms with Crippen molar-refractivity contribution in [1.29, 1.82) is 0 Å². The normalized spacial score (nSPS) is 11.3. The standard InChI is InChI=1S/C43H84O2/c1-4-6-8-10-12-14-16-18-20-22-23-24-25-26-28-30-32-34-36-38-40-42(3)43(44)45-41-39-37-35-33-31-29-27-21-19-17-15-13-11-9-7-5-2/h3-41H2,1-2H3. The number of carbonyl (C=O) groups excluding carboxylic acids is 1. The minimum atomic E-state index is -0.159. The Morgan fingerprint density at radius 2 is 0.578 bits per heavy atom. The molecule has 0 atom stereocenters. The number of rotatable bonds is 39. The van der Waals surface area contributed by atoms with E-state index in [4.69, 9.17) is 4.74 Å². The van der Waals surface area contributed by atoms with Crippen molar-refractivity contribution in [2.45, 2.75) is 251 Å². The van der Waals surface area contributed by atoms with Crippen LogP contribution in [0.1, 0.15) is 251 Å². The number of ether oxygens (including phenoxy) is 1. The Kier molecular flexibility index (Phi) is 38.7. The number of carbonyl (C=O) groups is 1. The van der Waals surface area contributed by atoms with E-state index in [1.165, 1.54) is 218 Å². The second-order valence-electron chi connectivity index (χ2n) is 14.5. The molecular weight excluding hydrogens is 548 g/mol. The number of hydrogen-bond acceptors (Lipinski definition) is 2. The van der Waals surface area contributed by atoms with Crippen LogP contribution < -0.4 is 0 Å². The molecule has 0 aromatic heterocycles. The van der Waals surface area contributed by atoms with E-state index in [1.54, 1.807) is 0 Å². The van der Waals surface area contributed by atoms with E-state index < -0.39 is 0 Å². The summed E-state index contributed by atoms with van der Waals surface area (Å²) in [7, 11) is 0. The van der Waals surface area contributed by atoms with Crippen LogP contribution >= 0.6 is 0 Å². The monoisotopic (exact) mass is 633 g/mol. The molecule has 0 radical (unpaired) electrons. The Morgan fingerprint density at radius 1 is 0.356 bits per heavy atom. The van der Waals surface area contributed by atoms with Gasteiger partial charge in [0.2, 0.25) is 0 Å². The van der Waals surface area contributed by atoms with Gasteiger partial charge in [0.05, 0.1) is 6.61 Å². The summed E-state index contributed by atoms with van der Waals surface area (Å²) >= 11 is 0. The molecule has 0 aliphatic rings. The van der Waals surface area contributed by atoms with E-state index >= 15 is 0 Å². The molecule has 268 valence electrons. The fraction of sp³-hybridized carbons (Fsp3) is 0.930. The van der Waals surface area contributed by atoms with Crippen molar-refractivity contribution in [3.63, 3.8) is 0 Å². The molecule has 0 saturated heterocycles. The zero-order chi connectivity index (χ0) is 32.7. The zero-order valence-electron chi connectivity index (χ0n) is 31.4. The van der Waals surface area contributed by atoms with E-state index in [0.29, 0.717) is 12.2 Å². The third kappa shape index (κ3) is 37.5. The molecular formula is C43H84O2. The average molecular weight is 633 g/mol. The maximum atomic E-state index is 12.2. The lowest BCUT2D eigenvalue weighted by Crippen LogP contribution is -2.08. The molecule has 0 saturated carbocycles. The van der Waals surface area contributed by atoms with Gasteiger partial charge in [-0.1, -0.05) is 239 Å². The van der Waals surface area contributed by atoms with Crippen LogP contribution in [0, 0.1) is 0 Å². The van der Waals surface area contributed by atoms with Gasteiger partial charge in [-0.25, -0.2) is 4.79 Å². The summed E-state index contributed by atoms with van der Waals surface area (Å²) in [5.41, 5.74) is 0.675. The summed E-state index contributed by atoms with van der Waals surface area (Å²) < 4.78 is 5.48. The maximum absolute atomic E-state index is 12.2. The quantitative estimate of drug-likeness (QED) is 0.0383. The van der Waals surface area contributed by atoms with Gasteiger partial charge in [-0.3, -0.25) is 0 Å². The lowest BCUT2D eigenvalue weighted by molar-refractivity contribution is -0.139. The highest BCUT2D eigenvalue weighted by atomic mass is 16.5. The number of hydrogen-bond donors (Lipinski definition) is 0. The molecule has 0 fully saturated rings. The average Bonchev–Trinajstić information content (AvgIpc) is 3.05. The summed E-state index contributed by atoms with van der Waals surface area (Å²) in [5, 5.41) is 0. The molecule has 0 aromatic rings. The maximum Gasteiger partial charge on any atom is 0.333 e. The first-order valence-corrected chi connectivity index (χ1v) is 21.1. The van der Waals surface area contributed by atoms with Crippen molar-refractivity contribution < 1.29 is 9.53 Å². The number of esters is 1. The van der Waals surface area contributed by atoms with Crippen molar-refractivity contribution in [3.05, 3.63) is 12.2 Å². The summed E-state index contributed by atoms with van der Waals surface area (Å²) in [4.78, 5) is 12.2. The van der Waals surface area contributed by atoms with Crippen LogP contribution in [0.3, 0.4) is 0 Å². The molecule has 0 N–H and O–H groups in total. The van der Waals surface area contributed by atoms with Gasteiger partial charge in [0.25, 0.3) is 0 Å². The van der Waals surface area contributed by atoms with E-state index in [1.807, 2.05) is 0 Å². The first-order valence-electron chi connectivity index (χ1n) is 21.1. The second kappa shape index (κ2) is 39.4. The highest BCUT2D eigenvalue weighted by molar-refractivity contribution is 5.87. The Morgan fingerprint density at radius 3 is 0.844 bits per heavy atom. The van der Waals surface area contributed by atoms with Crippen LogP contribution in [0.4, 0.5) is 0 Å². The van der Waals surface area contributed by atoms with E-state index in [2.05, 4.69) is 20.4 Å². The molecule has 2 heteroatoms. The van der Waals surface area contributed by atoms with Gasteiger partial charge in [-0.15, -0.1) is 0 Å². The third-order valence-electron chi connectivity index (χ3n) is 9.85. The fourth-order valence-electron chi connectivity index (χ4n) is 6.61. The van der Waals surface area contributed by atoms with Gasteiger partial charge >= 0.3 is 5.97 Å². The Labute approximate surface area is 285 Å². The minimum Gasteiger partial charge on any atom is -0.462 e. The van der Waals surface area contributed by atoms with Crippen LogP contribution in [0.15, 0.2) is 12.2 Å². The van der Waals surface area contributed by atoms with E-state index in [0.717, 1.165) is 19.3 Å². The molecule has 0 unspecified atom stereocenters. The molecule has 0 aliphatic carbocycles. The molecule has 0 rings (SSSR count). The SMILES string of the molecule is C=C(CCCCCCCCCCCCCCCCCCCCCC)C(=O)OCCCCCCCCCCCCCCCCCC. The minimum absolute atomic E-state index is 0.159. The molecule has 2 nitrogen and oxygen atoms in total. The van der Waals surface area contributed by atoms with Crippen molar-refractivity contribution in [3.8, 4) is 0 Å². The fourth-order valence-corrected chi connectivity index (χ4v) is 6.61. The Hall–Kier alpha value is -0.790. The molecule has 0 heterocycles. The summed E-state index contributed by atoms with van der Waals surface area (Å²) in [6.07, 6.45) is 50.5. The Balaban J connectivity index is 3.26. The molecule has 0 bridgehead atoms. The van der Waals surface area contributed by atoms with Crippen molar-refractivity contribution >= 4 is 5.97 Å². The van der Waals surface area contributed by atoms with Gasteiger partial charge in [-0.05, 0) is 19.3 Å². The molecule has 0 aliphatic heterocycles. The first kappa shape index (κ1) is 44.2. The van der Waals surface area contributed by atoms with Gasteiger partial charge in [0.15, 0.2) is 0 Å². The van der Waals surface area contributed by atoms with Crippen molar-refractivity contribution in [2.24, 2.45) is 0 Å². The topological polar surface area (TPSA) is 26.3 Å². The van der Waals surface area contributed by atoms with Crippen LogP contribution in [0.2, 0.25) is 0 Å². The summed E-state index contributed by atoms with van der Waals surface area (Å²) in [5.74, 6) is -0.159. The van der Waals surface area contributed by atoms with Crippen LogP contribution in [0.5, 0.6) is 0 Å². The number of unbranched alkanes of at least 4 members (excludes halogenated alkanes) is 34. The highest BCUT2D eigenvalue weighted by Crippen LogP contribution is 2.17. The predicted molar refractivity (Wildman–Crippen MR) is 202 cm³/mol. The van der Waals surface area contributed by atoms with Gasteiger partial charge in [0, 0.05) is 5.57 Å². The first-order chi connectivity index (χ1) is 22.2. The van der Waals surface area contributed by atoms with E-state index in [9.17, 15) is 4.79 Å². The lowest BCUT2D eigenvalue weighted by atomic mass is 10.0. The van der Waals surface area contributed by atoms with E-state index in [-0.39, 0.29) is 5.97 Å². The largest absolute Gasteiger partial charge is 0.462 e. The highest BCUT2D eigenvalue weighted by Gasteiger charge is 2.08. The molecule has 45 heavy (non-hydrogen) atoms. The molecule has 0 amide bonds.